The molecular formula is C15H16AsN5O7. The van der Waals surface area contributed by atoms with Gasteiger partial charge in [0.2, 0.25) is 5.91 Å². The first kappa shape index (κ1) is 21.1. The van der Waals surface area contributed by atoms with Gasteiger partial charge in [-0.3, -0.25) is 14.2 Å². The van der Waals surface area contributed by atoms with E-state index in [9.17, 15) is 23.2 Å². The molecule has 13 heteroatoms. The summed E-state index contributed by atoms with van der Waals surface area (Å²) in [6.45, 7) is 2.56. The van der Waals surface area contributed by atoms with Crippen LogP contribution in [0.15, 0.2) is 35.6 Å². The van der Waals surface area contributed by atoms with E-state index in [1.54, 1.807) is 0 Å². The average molecular weight is 453 g/mol. The summed E-state index contributed by atoms with van der Waals surface area (Å²) in [6, 6.07) is 3.71. The molecular weight excluding hydrogens is 437 g/mol. The van der Waals surface area contributed by atoms with Crippen molar-refractivity contribution < 1.29 is 26.6 Å². The zero-order valence-corrected chi connectivity index (χ0v) is 16.5. The van der Waals surface area contributed by atoms with E-state index < -0.39 is 20.1 Å². The number of benzene rings is 1. The summed E-state index contributed by atoms with van der Waals surface area (Å²) in [7, 11) is 0. The maximum atomic E-state index is 11.1. The molecule has 12 nitrogen and oxygen atoms in total. The normalized spacial score (nSPS) is 10.9. The van der Waals surface area contributed by atoms with Gasteiger partial charge in [-0.1, -0.05) is 0 Å². The number of para-hydroxylation sites is 1. The number of anilines is 1. The predicted molar refractivity (Wildman–Crippen MR) is 97.4 cm³/mol. The van der Waals surface area contributed by atoms with Crippen molar-refractivity contribution >= 4 is 47.2 Å². The number of aromatic nitrogens is 4. The van der Waals surface area contributed by atoms with Gasteiger partial charge in [0.15, 0.2) is 11.2 Å². The van der Waals surface area contributed by atoms with Crippen LogP contribution in [-0.4, -0.2) is 58.8 Å². The maximum absolute atomic E-state index is 11.1. The Labute approximate surface area is 159 Å². The third kappa shape index (κ3) is 4.74. The number of aromatic hydroxyl groups is 1. The minimum absolute atomic E-state index is 0.178. The zero-order chi connectivity index (χ0) is 21.1. The Morgan fingerprint density at radius 1 is 1.21 bits per heavy atom. The maximum Gasteiger partial charge on any atom is 0.278 e. The fourth-order valence-electron chi connectivity index (χ4n) is 2.15. The minimum Gasteiger partial charge on any atom is -0.311 e. The summed E-state index contributed by atoms with van der Waals surface area (Å²) < 4.78 is 30.0. The van der Waals surface area contributed by atoms with Crippen molar-refractivity contribution in [1.29, 1.82) is 0 Å². The van der Waals surface area contributed by atoms with Gasteiger partial charge in [0.05, 0.1) is 6.33 Å². The number of carbonyl (C=O) groups excluding carboxylic acids is 2. The van der Waals surface area contributed by atoms with Gasteiger partial charge in [-0.05, 0) is 0 Å². The van der Waals surface area contributed by atoms with Crippen molar-refractivity contribution in [3.8, 4) is 5.75 Å². The second-order valence-corrected chi connectivity index (χ2v) is 8.73. The molecule has 0 bridgehead atoms. The number of hydrogen-bond acceptors (Lipinski definition) is 7. The summed E-state index contributed by atoms with van der Waals surface area (Å²) in [5.74, 6) is -1.10. The largest absolute Gasteiger partial charge is 0.311 e. The molecule has 0 aliphatic heterocycles. The van der Waals surface area contributed by atoms with Crippen LogP contribution in [0.1, 0.15) is 18.6 Å². The van der Waals surface area contributed by atoms with E-state index in [-0.39, 0.29) is 38.4 Å². The monoisotopic (exact) mass is 453 g/mol. The third-order valence-corrected chi connectivity index (χ3v) is 5.41. The van der Waals surface area contributed by atoms with Crippen LogP contribution in [0, 0.1) is 0 Å². The molecule has 0 aliphatic rings. The molecule has 1 aromatic carbocycles. The van der Waals surface area contributed by atoms with Crippen molar-refractivity contribution in [1.82, 2.24) is 19.5 Å². The number of H-pyrrole nitrogens is 1. The van der Waals surface area contributed by atoms with Gasteiger partial charge in [0.25, 0.3) is 5.56 Å². The molecule has 2 heterocycles. The minimum atomic E-state index is -5.14. The Kier molecular flexibility index (Phi) is 6.19. The Hall–Kier alpha value is -3.21. The Bertz CT molecular complexity index is 1150. The molecule has 0 fully saturated rings. The van der Waals surface area contributed by atoms with Crippen molar-refractivity contribution in [3.05, 3.63) is 41.2 Å². The molecule has 148 valence electrons. The van der Waals surface area contributed by atoms with Crippen molar-refractivity contribution in [2.75, 3.05) is 5.32 Å². The standard InChI is InChI=1S/C8H10AsNO5.C7H6N4O2/c1-5(11)10-8-6(9(13,14)15)3-2-4-7(8)12;1-4(12)11-3-10-5-6(11)8-2-9-7(5)13/h2-4,12H,1H3,(H,10,11)(H2,13,14,15);2-3H,1H3,(H,8,9,13). The second-order valence-electron chi connectivity index (χ2n) is 5.43. The first-order chi connectivity index (χ1) is 13.0. The van der Waals surface area contributed by atoms with Gasteiger partial charge < -0.3 is 4.98 Å². The van der Waals surface area contributed by atoms with Gasteiger partial charge in [-0.15, -0.1) is 0 Å². The molecule has 0 atom stereocenters. The van der Waals surface area contributed by atoms with Crippen molar-refractivity contribution in [2.24, 2.45) is 0 Å². The molecule has 2 aromatic heterocycles. The van der Waals surface area contributed by atoms with Gasteiger partial charge in [0, 0.05) is 6.92 Å². The van der Waals surface area contributed by atoms with E-state index in [0.29, 0.717) is 0 Å². The third-order valence-electron chi connectivity index (χ3n) is 3.31. The van der Waals surface area contributed by atoms with E-state index in [1.807, 2.05) is 0 Å². The first-order valence-electron chi connectivity index (χ1n) is 7.59. The molecule has 0 spiro atoms. The van der Waals surface area contributed by atoms with E-state index in [2.05, 4.69) is 20.3 Å². The molecule has 0 unspecified atom stereocenters. The van der Waals surface area contributed by atoms with Crippen LogP contribution in [0.4, 0.5) is 5.69 Å². The van der Waals surface area contributed by atoms with E-state index in [0.717, 1.165) is 0 Å². The van der Waals surface area contributed by atoms with Gasteiger partial charge in [-0.25, -0.2) is 9.97 Å². The Morgan fingerprint density at radius 2 is 1.89 bits per heavy atom. The summed E-state index contributed by atoms with van der Waals surface area (Å²) in [5, 5.41) is 11.5. The van der Waals surface area contributed by atoms with Crippen molar-refractivity contribution in [3.63, 3.8) is 0 Å². The number of phenolic OH excluding ortho intramolecular Hbond substituents is 1. The Morgan fingerprint density at radius 3 is 2.46 bits per heavy atom. The van der Waals surface area contributed by atoms with Gasteiger partial charge in [-0.2, -0.15) is 0 Å². The number of hydrogen-bond donors (Lipinski definition) is 5. The van der Waals surface area contributed by atoms with Gasteiger partial charge >= 0.3 is 88.1 Å². The van der Waals surface area contributed by atoms with E-state index in [1.165, 1.54) is 49.3 Å². The van der Waals surface area contributed by atoms with Gasteiger partial charge in [0.1, 0.15) is 6.33 Å². The molecule has 1 amide bonds. The SMILES string of the molecule is CC(=O)Nc1c(O)cccc1[As](=O)(O)O.CC(=O)n1cnc2c(=O)[nH]cnc21. The van der Waals surface area contributed by atoms with Crippen LogP contribution in [0.3, 0.4) is 0 Å². The van der Waals surface area contributed by atoms with Crippen LogP contribution in [-0.2, 0) is 8.53 Å². The number of rotatable bonds is 2. The summed E-state index contributed by atoms with van der Waals surface area (Å²) in [4.78, 5) is 42.9. The number of imidazole rings is 1. The molecule has 28 heavy (non-hydrogen) atoms. The zero-order valence-electron chi connectivity index (χ0n) is 14.7. The Balaban J connectivity index is 0.000000202. The molecule has 5 N–H and O–H groups in total. The smallest absolute Gasteiger partial charge is 0.278 e. The average Bonchev–Trinajstić information content (AvgIpc) is 3.01. The molecule has 3 rings (SSSR count). The van der Waals surface area contributed by atoms with Crippen LogP contribution in [0.5, 0.6) is 5.75 Å². The number of nitrogens with zero attached hydrogens (tertiary/aromatic N) is 3. The van der Waals surface area contributed by atoms with E-state index >= 15 is 0 Å². The van der Waals surface area contributed by atoms with Crippen molar-refractivity contribution in [2.45, 2.75) is 13.8 Å². The number of amides is 1. The number of aromatic amines is 1. The predicted octanol–water partition coefficient (Wildman–Crippen LogP) is -1.31. The number of nitrogens with one attached hydrogen (secondary N) is 2. The van der Waals surface area contributed by atoms with Crippen LogP contribution < -0.4 is 15.2 Å². The van der Waals surface area contributed by atoms with E-state index in [4.69, 9.17) is 8.19 Å². The van der Waals surface area contributed by atoms with Crippen LogP contribution >= 0.6 is 0 Å². The summed E-state index contributed by atoms with van der Waals surface area (Å²) >= 11 is -5.14. The summed E-state index contributed by atoms with van der Waals surface area (Å²) in [6.07, 6.45) is 2.53. The topological polar surface area (TPSA) is 188 Å². The molecule has 3 aromatic rings. The summed E-state index contributed by atoms with van der Waals surface area (Å²) in [5.41, 5.74) is -0.101. The fourth-order valence-corrected chi connectivity index (χ4v) is 3.71. The van der Waals surface area contributed by atoms with Crippen LogP contribution in [0.2, 0.25) is 0 Å². The number of fused-ring (bicyclic) bond motifs is 1. The van der Waals surface area contributed by atoms with Crippen LogP contribution in [0.25, 0.3) is 11.2 Å². The quantitative estimate of drug-likeness (QED) is 0.232. The molecule has 0 aliphatic carbocycles. The fraction of sp³-hybridized carbons (Fsp3) is 0.133. The second kappa shape index (κ2) is 8.21. The molecule has 0 saturated carbocycles. The number of carbonyl (C=O) groups is 2. The molecule has 0 saturated heterocycles. The first-order valence-corrected chi connectivity index (χ1v) is 11.0. The number of phenols is 1. The molecule has 0 radical (unpaired) electrons.